The maximum Gasteiger partial charge on any atom is 0.0664 e. The quantitative estimate of drug-likeness (QED) is 0.244. The molecule has 0 saturated carbocycles. The van der Waals surface area contributed by atoms with Crippen LogP contribution in [0.4, 0.5) is 11.4 Å². The minimum Gasteiger partial charge on any atom is -0.362 e. The van der Waals surface area contributed by atoms with E-state index in [9.17, 15) is 0 Å². The van der Waals surface area contributed by atoms with Crippen LogP contribution in [0.3, 0.4) is 0 Å². The van der Waals surface area contributed by atoms with Crippen molar-refractivity contribution in [1.29, 1.82) is 0 Å². The van der Waals surface area contributed by atoms with Crippen LogP contribution in [0.5, 0.6) is 0 Å². The van der Waals surface area contributed by atoms with Gasteiger partial charge in [0.25, 0.3) is 0 Å². The molecule has 1 N–H and O–H groups in total. The van der Waals surface area contributed by atoms with E-state index in [1.165, 1.54) is 11.1 Å². The third-order valence-electron chi connectivity index (χ3n) is 4.71. The summed E-state index contributed by atoms with van der Waals surface area (Å²) >= 11 is 0. The molecule has 0 bridgehead atoms. The van der Waals surface area contributed by atoms with Gasteiger partial charge in [-0.05, 0) is 86.7 Å². The second kappa shape index (κ2) is 16.5. The van der Waals surface area contributed by atoms with Crippen molar-refractivity contribution in [2.75, 3.05) is 5.32 Å². The number of aryl methyl sites for hydroxylation is 2. The largest absolute Gasteiger partial charge is 0.362 e. The Bertz CT molecular complexity index is 941. The molecule has 2 aromatic carbocycles. The third-order valence-corrected chi connectivity index (χ3v) is 4.71. The highest BCUT2D eigenvalue weighted by Gasteiger charge is 2.01. The van der Waals surface area contributed by atoms with E-state index in [2.05, 4.69) is 95.2 Å². The van der Waals surface area contributed by atoms with Crippen molar-refractivity contribution in [3.8, 4) is 0 Å². The van der Waals surface area contributed by atoms with Gasteiger partial charge in [-0.3, -0.25) is 4.99 Å². The molecule has 0 aliphatic heterocycles. The van der Waals surface area contributed by atoms with Gasteiger partial charge in [0.1, 0.15) is 0 Å². The van der Waals surface area contributed by atoms with Gasteiger partial charge in [0, 0.05) is 11.4 Å². The minimum atomic E-state index is 0.632. The molecule has 0 spiro atoms. The van der Waals surface area contributed by atoms with Crippen LogP contribution >= 0.6 is 0 Å². The first-order valence-corrected chi connectivity index (χ1v) is 11.7. The molecule has 0 amide bonds. The molecule has 0 aliphatic rings. The standard InChI is InChI=1S/C18H20N2.C11H18.C2H6/c1-5-19-17-10-8-16(9-11-17)15(4)20-18-12-13(2)6-7-14(18)3;1-9(2)7-6-8-11(5)10(3)4;1-2/h5-12,19H,1H2,2-4H3;6-7,9H,3,5,8H2,1-2,4H3;1-2H3/b;7-6+;. The summed E-state index contributed by atoms with van der Waals surface area (Å²) in [5, 5.41) is 3.06. The van der Waals surface area contributed by atoms with Gasteiger partial charge in [-0.1, -0.05) is 89.4 Å². The van der Waals surface area contributed by atoms with Gasteiger partial charge in [-0.15, -0.1) is 0 Å². The van der Waals surface area contributed by atoms with Gasteiger partial charge in [0.15, 0.2) is 0 Å². The number of nitrogens with one attached hydrogen (secondary N) is 1. The average molecular weight is 445 g/mol. The Labute approximate surface area is 203 Å². The molecule has 0 aliphatic carbocycles. The lowest BCUT2D eigenvalue weighted by Gasteiger charge is -2.06. The topological polar surface area (TPSA) is 24.4 Å². The Kier molecular flexibility index (Phi) is 14.9. The van der Waals surface area contributed by atoms with Gasteiger partial charge in [0.05, 0.1) is 5.69 Å². The lowest BCUT2D eigenvalue weighted by atomic mass is 10.1. The first kappa shape index (κ1) is 29.9. The molecule has 0 heterocycles. The van der Waals surface area contributed by atoms with Gasteiger partial charge in [-0.25, -0.2) is 0 Å². The number of aliphatic imine (C=N–C) groups is 1. The van der Waals surface area contributed by atoms with E-state index >= 15 is 0 Å². The van der Waals surface area contributed by atoms with E-state index in [4.69, 9.17) is 4.99 Å². The van der Waals surface area contributed by atoms with E-state index in [1.54, 1.807) is 6.20 Å². The van der Waals surface area contributed by atoms with E-state index in [0.717, 1.165) is 40.2 Å². The Balaban J connectivity index is 0.000000673. The zero-order valence-corrected chi connectivity index (χ0v) is 22.1. The molecule has 2 rings (SSSR count). The van der Waals surface area contributed by atoms with Crippen molar-refractivity contribution in [3.05, 3.63) is 108 Å². The van der Waals surface area contributed by atoms with E-state index < -0.39 is 0 Å². The smallest absolute Gasteiger partial charge is 0.0664 e. The fourth-order valence-electron chi connectivity index (χ4n) is 2.67. The lowest BCUT2D eigenvalue weighted by Crippen LogP contribution is -1.95. The summed E-state index contributed by atoms with van der Waals surface area (Å²) in [4.78, 5) is 4.74. The van der Waals surface area contributed by atoms with E-state index in [-0.39, 0.29) is 0 Å². The molecule has 2 heteroatoms. The molecular formula is C31H44N2. The van der Waals surface area contributed by atoms with Crippen LogP contribution < -0.4 is 5.32 Å². The Hall–Kier alpha value is -3.13. The number of hydrogen-bond acceptors (Lipinski definition) is 2. The van der Waals surface area contributed by atoms with Crippen LogP contribution in [0, 0.1) is 19.8 Å². The summed E-state index contributed by atoms with van der Waals surface area (Å²) in [5.41, 5.74) is 8.84. The van der Waals surface area contributed by atoms with Crippen LogP contribution in [0.2, 0.25) is 0 Å². The van der Waals surface area contributed by atoms with Gasteiger partial charge < -0.3 is 5.32 Å². The molecule has 0 aromatic heterocycles. The fraction of sp³-hybridized carbons (Fsp3) is 0.323. The second-order valence-electron chi connectivity index (χ2n) is 8.17. The summed E-state index contributed by atoms with van der Waals surface area (Å²) in [6.45, 7) is 27.9. The SMILES string of the molecule is C=C(C)C(=C)C/C=C/C(C)C.C=CNc1ccc(C(C)=Nc2cc(C)ccc2C)cc1.CC. The highest BCUT2D eigenvalue weighted by atomic mass is 14.8. The summed E-state index contributed by atoms with van der Waals surface area (Å²) in [5.74, 6) is 0.632. The third kappa shape index (κ3) is 12.5. The highest BCUT2D eigenvalue weighted by molar-refractivity contribution is 6.00. The zero-order chi connectivity index (χ0) is 25.4. The van der Waals surface area contributed by atoms with Crippen molar-refractivity contribution in [2.45, 2.75) is 61.8 Å². The van der Waals surface area contributed by atoms with E-state index in [0.29, 0.717) is 5.92 Å². The minimum absolute atomic E-state index is 0.632. The van der Waals surface area contributed by atoms with Crippen molar-refractivity contribution in [3.63, 3.8) is 0 Å². The van der Waals surface area contributed by atoms with Crippen molar-refractivity contribution < 1.29 is 0 Å². The maximum atomic E-state index is 4.74. The first-order valence-electron chi connectivity index (χ1n) is 11.7. The van der Waals surface area contributed by atoms with Gasteiger partial charge in [0.2, 0.25) is 0 Å². The van der Waals surface area contributed by atoms with Crippen LogP contribution in [-0.4, -0.2) is 5.71 Å². The number of rotatable bonds is 8. The molecular weight excluding hydrogens is 400 g/mol. The predicted molar refractivity (Wildman–Crippen MR) is 152 cm³/mol. The predicted octanol–water partition coefficient (Wildman–Crippen LogP) is 9.75. The number of nitrogens with zero attached hydrogens (tertiary/aromatic N) is 1. The summed E-state index contributed by atoms with van der Waals surface area (Å²) < 4.78 is 0. The Morgan fingerprint density at radius 1 is 1.00 bits per heavy atom. The first-order chi connectivity index (χ1) is 15.6. The Morgan fingerprint density at radius 3 is 2.12 bits per heavy atom. The fourth-order valence-corrected chi connectivity index (χ4v) is 2.67. The number of anilines is 1. The van der Waals surface area contributed by atoms with Crippen LogP contribution in [0.25, 0.3) is 0 Å². The molecule has 0 fully saturated rings. The van der Waals surface area contributed by atoms with Gasteiger partial charge in [-0.2, -0.15) is 0 Å². The van der Waals surface area contributed by atoms with Crippen molar-refractivity contribution in [1.82, 2.24) is 0 Å². The molecule has 2 aromatic rings. The molecule has 0 unspecified atom stereocenters. The monoisotopic (exact) mass is 444 g/mol. The molecule has 0 saturated heterocycles. The molecule has 0 atom stereocenters. The summed E-state index contributed by atoms with van der Waals surface area (Å²) in [6.07, 6.45) is 6.95. The molecule has 2 nitrogen and oxygen atoms in total. The van der Waals surface area contributed by atoms with Crippen LogP contribution in [0.1, 0.15) is 64.7 Å². The number of allylic oxidation sites excluding steroid dienone is 4. The summed E-state index contributed by atoms with van der Waals surface area (Å²) in [6, 6.07) is 14.5. The van der Waals surface area contributed by atoms with E-state index in [1.807, 2.05) is 39.8 Å². The number of hydrogen-bond donors (Lipinski definition) is 1. The molecule has 33 heavy (non-hydrogen) atoms. The lowest BCUT2D eigenvalue weighted by molar-refractivity contribution is 0.827. The molecule has 178 valence electrons. The van der Waals surface area contributed by atoms with Crippen molar-refractivity contribution >= 4 is 17.1 Å². The average Bonchev–Trinajstić information content (AvgIpc) is 2.78. The van der Waals surface area contributed by atoms with Crippen LogP contribution in [-0.2, 0) is 0 Å². The zero-order valence-electron chi connectivity index (χ0n) is 22.1. The summed E-state index contributed by atoms with van der Waals surface area (Å²) in [7, 11) is 0. The highest BCUT2D eigenvalue weighted by Crippen LogP contribution is 2.21. The molecule has 0 radical (unpaired) electrons. The maximum absolute atomic E-state index is 4.74. The van der Waals surface area contributed by atoms with Crippen molar-refractivity contribution in [2.24, 2.45) is 10.9 Å². The number of benzene rings is 2. The second-order valence-corrected chi connectivity index (χ2v) is 8.17. The normalized spacial score (nSPS) is 10.6. The van der Waals surface area contributed by atoms with Gasteiger partial charge >= 0.3 is 0 Å². The Morgan fingerprint density at radius 2 is 1.61 bits per heavy atom. The van der Waals surface area contributed by atoms with Crippen LogP contribution in [0.15, 0.2) is 96.7 Å².